The molecule has 0 atom stereocenters. The third kappa shape index (κ3) is 5.54. The standard InChI is InChI=1S/C19H21ClN4O5S/c20-15-3-1-4-16(13-15)21-19(25)7-8-22-9-11-23(12-10-22)30(28,29)18-6-2-5-17(14-18)24(26)27/h1-6,13-14H,7-12H2,(H,21,25). The van der Waals surface area contributed by atoms with Gasteiger partial charge in [-0.25, -0.2) is 8.42 Å². The Morgan fingerprint density at radius 2 is 1.80 bits per heavy atom. The molecule has 0 bridgehead atoms. The Morgan fingerprint density at radius 1 is 1.10 bits per heavy atom. The Bertz CT molecular complexity index is 1040. The third-order valence-corrected chi connectivity index (χ3v) is 6.89. The van der Waals surface area contributed by atoms with E-state index in [9.17, 15) is 23.3 Å². The number of carbonyl (C=O) groups excluding carboxylic acids is 1. The second-order valence-electron chi connectivity index (χ2n) is 6.81. The average molecular weight is 453 g/mol. The van der Waals surface area contributed by atoms with Crippen LogP contribution in [-0.2, 0) is 14.8 Å². The summed E-state index contributed by atoms with van der Waals surface area (Å²) in [4.78, 5) is 24.3. The lowest BCUT2D eigenvalue weighted by atomic mass is 10.3. The van der Waals surface area contributed by atoms with Crippen molar-refractivity contribution in [1.29, 1.82) is 0 Å². The molecule has 3 rings (SSSR count). The molecule has 1 heterocycles. The van der Waals surface area contributed by atoms with E-state index in [0.29, 0.717) is 30.3 Å². The first-order chi connectivity index (χ1) is 14.3. The van der Waals surface area contributed by atoms with E-state index >= 15 is 0 Å². The number of hydrogen-bond donors (Lipinski definition) is 1. The van der Waals surface area contributed by atoms with Crippen molar-refractivity contribution in [1.82, 2.24) is 9.21 Å². The van der Waals surface area contributed by atoms with Gasteiger partial charge in [-0.05, 0) is 24.3 Å². The predicted octanol–water partition coefficient (Wildman–Crippen LogP) is 2.58. The monoisotopic (exact) mass is 452 g/mol. The number of nitrogens with one attached hydrogen (secondary N) is 1. The molecule has 0 aliphatic carbocycles. The van der Waals surface area contributed by atoms with Crippen LogP contribution >= 0.6 is 11.6 Å². The minimum atomic E-state index is -3.81. The van der Waals surface area contributed by atoms with Gasteiger partial charge in [-0.1, -0.05) is 23.7 Å². The fourth-order valence-electron chi connectivity index (χ4n) is 3.15. The van der Waals surface area contributed by atoms with Crippen molar-refractivity contribution >= 4 is 38.9 Å². The van der Waals surface area contributed by atoms with Gasteiger partial charge in [-0.2, -0.15) is 4.31 Å². The first kappa shape index (κ1) is 22.2. The largest absolute Gasteiger partial charge is 0.326 e. The lowest BCUT2D eigenvalue weighted by Crippen LogP contribution is -2.49. The second kappa shape index (κ2) is 9.52. The molecule has 1 fully saturated rings. The van der Waals surface area contributed by atoms with Crippen molar-refractivity contribution in [2.45, 2.75) is 11.3 Å². The lowest BCUT2D eigenvalue weighted by Gasteiger charge is -2.33. The highest BCUT2D eigenvalue weighted by Gasteiger charge is 2.29. The number of hydrogen-bond acceptors (Lipinski definition) is 6. The third-order valence-electron chi connectivity index (χ3n) is 4.76. The second-order valence-corrected chi connectivity index (χ2v) is 9.18. The van der Waals surface area contributed by atoms with Crippen molar-refractivity contribution < 1.29 is 18.1 Å². The Hall–Kier alpha value is -2.53. The summed E-state index contributed by atoms with van der Waals surface area (Å²) in [6.07, 6.45) is 0.268. The van der Waals surface area contributed by atoms with Crippen molar-refractivity contribution in [2.75, 3.05) is 38.0 Å². The van der Waals surface area contributed by atoms with Crippen molar-refractivity contribution in [2.24, 2.45) is 0 Å². The molecule has 2 aromatic carbocycles. The summed E-state index contributed by atoms with van der Waals surface area (Å²) in [5.74, 6) is -0.149. The number of carbonyl (C=O) groups is 1. The highest BCUT2D eigenvalue weighted by atomic mass is 35.5. The van der Waals surface area contributed by atoms with Gasteiger partial charge >= 0.3 is 0 Å². The van der Waals surface area contributed by atoms with Crippen LogP contribution in [0.3, 0.4) is 0 Å². The van der Waals surface area contributed by atoms with E-state index in [1.165, 1.54) is 22.5 Å². The van der Waals surface area contributed by atoms with Gasteiger partial charge in [0.15, 0.2) is 0 Å². The number of amides is 1. The lowest BCUT2D eigenvalue weighted by molar-refractivity contribution is -0.385. The van der Waals surface area contributed by atoms with E-state index in [0.717, 1.165) is 6.07 Å². The molecule has 0 spiro atoms. The van der Waals surface area contributed by atoms with Gasteiger partial charge in [0.1, 0.15) is 0 Å². The average Bonchev–Trinajstić information content (AvgIpc) is 2.72. The van der Waals surface area contributed by atoms with Crippen LogP contribution in [0.1, 0.15) is 6.42 Å². The topological polar surface area (TPSA) is 113 Å². The van der Waals surface area contributed by atoms with E-state index in [1.54, 1.807) is 24.3 Å². The number of nitro groups is 1. The summed E-state index contributed by atoms with van der Waals surface area (Å²) in [5.41, 5.74) is 0.362. The number of anilines is 1. The van der Waals surface area contributed by atoms with E-state index in [1.807, 2.05) is 4.90 Å². The highest BCUT2D eigenvalue weighted by molar-refractivity contribution is 7.89. The van der Waals surface area contributed by atoms with Crippen molar-refractivity contribution in [3.8, 4) is 0 Å². The fourth-order valence-corrected chi connectivity index (χ4v) is 4.80. The molecular weight excluding hydrogens is 432 g/mol. The fraction of sp³-hybridized carbons (Fsp3) is 0.316. The van der Waals surface area contributed by atoms with E-state index < -0.39 is 14.9 Å². The van der Waals surface area contributed by atoms with E-state index in [2.05, 4.69) is 5.32 Å². The first-order valence-electron chi connectivity index (χ1n) is 9.28. The molecular formula is C19H21ClN4O5S. The van der Waals surface area contributed by atoms with E-state index in [4.69, 9.17) is 11.6 Å². The normalized spacial score (nSPS) is 15.6. The number of rotatable bonds is 7. The van der Waals surface area contributed by atoms with E-state index in [-0.39, 0.29) is 36.0 Å². The molecule has 11 heteroatoms. The van der Waals surface area contributed by atoms with Crippen LogP contribution in [0.5, 0.6) is 0 Å². The minimum Gasteiger partial charge on any atom is -0.326 e. The Labute approximate surface area is 179 Å². The molecule has 1 saturated heterocycles. The van der Waals surface area contributed by atoms with Gasteiger partial charge in [-0.15, -0.1) is 0 Å². The number of nitro benzene ring substituents is 1. The molecule has 160 valence electrons. The SMILES string of the molecule is O=C(CCN1CCN(S(=O)(=O)c2cccc([N+](=O)[O-])c2)CC1)Nc1cccc(Cl)c1. The zero-order chi connectivity index (χ0) is 21.7. The Morgan fingerprint density at radius 3 is 2.47 bits per heavy atom. The zero-order valence-electron chi connectivity index (χ0n) is 16.0. The molecule has 1 N–H and O–H groups in total. The van der Waals surface area contributed by atoms with Gasteiger partial charge in [0, 0.05) is 62.0 Å². The number of non-ortho nitro benzene ring substituents is 1. The number of benzene rings is 2. The summed E-state index contributed by atoms with van der Waals surface area (Å²) in [5, 5.41) is 14.2. The Balaban J connectivity index is 1.51. The Kier molecular flexibility index (Phi) is 7.03. The molecule has 0 unspecified atom stereocenters. The number of sulfonamides is 1. The number of halogens is 1. The first-order valence-corrected chi connectivity index (χ1v) is 11.1. The maximum Gasteiger partial charge on any atom is 0.270 e. The van der Waals surface area contributed by atoms with Crippen LogP contribution in [0.15, 0.2) is 53.4 Å². The molecule has 0 radical (unpaired) electrons. The van der Waals surface area contributed by atoms with Crippen molar-refractivity contribution in [3.05, 3.63) is 63.7 Å². The van der Waals surface area contributed by atoms with Gasteiger partial charge in [0.2, 0.25) is 15.9 Å². The van der Waals surface area contributed by atoms with Crippen LogP contribution in [0, 0.1) is 10.1 Å². The van der Waals surface area contributed by atoms with Gasteiger partial charge < -0.3 is 10.2 Å². The summed E-state index contributed by atoms with van der Waals surface area (Å²) < 4.78 is 26.9. The summed E-state index contributed by atoms with van der Waals surface area (Å²) >= 11 is 5.90. The van der Waals surface area contributed by atoms with Gasteiger partial charge in [0.25, 0.3) is 5.69 Å². The minimum absolute atomic E-state index is 0.0916. The molecule has 30 heavy (non-hydrogen) atoms. The molecule has 2 aromatic rings. The zero-order valence-corrected chi connectivity index (χ0v) is 17.6. The van der Waals surface area contributed by atoms with Crippen LogP contribution in [-0.4, -0.2) is 61.2 Å². The molecule has 9 nitrogen and oxygen atoms in total. The van der Waals surface area contributed by atoms with Gasteiger partial charge in [0.05, 0.1) is 9.82 Å². The predicted molar refractivity (Wildman–Crippen MR) is 113 cm³/mol. The van der Waals surface area contributed by atoms with Crippen molar-refractivity contribution in [3.63, 3.8) is 0 Å². The smallest absolute Gasteiger partial charge is 0.270 e. The maximum absolute atomic E-state index is 12.8. The van der Waals surface area contributed by atoms with Crippen LogP contribution < -0.4 is 5.32 Å². The highest BCUT2D eigenvalue weighted by Crippen LogP contribution is 2.22. The molecule has 1 aliphatic heterocycles. The summed E-state index contributed by atoms with van der Waals surface area (Å²) in [6, 6.07) is 11.9. The number of piperazine rings is 1. The molecule has 0 saturated carbocycles. The number of nitrogens with zero attached hydrogens (tertiary/aromatic N) is 3. The quantitative estimate of drug-likeness (QED) is 0.510. The van der Waals surface area contributed by atoms with Crippen LogP contribution in [0.25, 0.3) is 0 Å². The molecule has 1 aliphatic rings. The summed E-state index contributed by atoms with van der Waals surface area (Å²) in [6.45, 7) is 1.94. The molecule has 0 aromatic heterocycles. The van der Waals surface area contributed by atoms with Crippen LogP contribution in [0.2, 0.25) is 5.02 Å². The van der Waals surface area contributed by atoms with Gasteiger partial charge in [-0.3, -0.25) is 14.9 Å². The molecule has 1 amide bonds. The maximum atomic E-state index is 12.8. The summed E-state index contributed by atoms with van der Waals surface area (Å²) in [7, 11) is -3.81. The van der Waals surface area contributed by atoms with Crippen LogP contribution in [0.4, 0.5) is 11.4 Å².